The number of rotatable bonds is 9. The van der Waals surface area contributed by atoms with Crippen molar-refractivity contribution in [1.82, 2.24) is 9.55 Å². The van der Waals surface area contributed by atoms with E-state index in [0.29, 0.717) is 0 Å². The van der Waals surface area contributed by atoms with Crippen molar-refractivity contribution in [1.29, 1.82) is 0 Å². The Kier molecular flexibility index (Phi) is 7.26. The second-order valence-corrected chi connectivity index (χ2v) is 10.4. The third-order valence-electron chi connectivity index (χ3n) is 3.95. The van der Waals surface area contributed by atoms with Crippen LogP contribution in [0.25, 0.3) is 0 Å². The zero-order valence-electron chi connectivity index (χ0n) is 14.8. The SMILES string of the molecule is CCC1(COP(=O)(O)OP(=O)(O)OP(=O)(O)O)CCC(n2ccc(=O)[nH]c2=O)O1. The van der Waals surface area contributed by atoms with Gasteiger partial charge in [0.25, 0.3) is 5.56 Å². The van der Waals surface area contributed by atoms with E-state index in [0.717, 1.165) is 10.6 Å². The number of ether oxygens (including phenoxy) is 1. The molecule has 1 aliphatic rings. The summed E-state index contributed by atoms with van der Waals surface area (Å²) in [6.45, 7) is 1.03. The maximum Gasteiger partial charge on any atom is 0.490 e. The Balaban J connectivity index is 2.07. The van der Waals surface area contributed by atoms with Crippen molar-refractivity contribution in [3.63, 3.8) is 0 Å². The summed E-state index contributed by atoms with van der Waals surface area (Å²) in [7, 11) is -16.4. The molecule has 1 aliphatic heterocycles. The first kappa shape index (κ1) is 24.3. The van der Waals surface area contributed by atoms with Crippen molar-refractivity contribution < 1.29 is 51.2 Å². The molecule has 0 bridgehead atoms. The van der Waals surface area contributed by atoms with Gasteiger partial charge in [0.15, 0.2) is 0 Å². The van der Waals surface area contributed by atoms with Gasteiger partial charge in [-0.25, -0.2) is 18.5 Å². The zero-order chi connectivity index (χ0) is 22.1. The summed E-state index contributed by atoms with van der Waals surface area (Å²) in [5.41, 5.74) is -2.51. The minimum absolute atomic E-state index is 0.234. The highest BCUT2D eigenvalue weighted by molar-refractivity contribution is 7.66. The first-order valence-electron chi connectivity index (χ1n) is 7.94. The quantitative estimate of drug-likeness (QED) is 0.301. The van der Waals surface area contributed by atoms with Crippen LogP contribution in [-0.4, -0.2) is 41.3 Å². The van der Waals surface area contributed by atoms with Gasteiger partial charge in [-0.05, 0) is 19.3 Å². The molecule has 1 aromatic heterocycles. The lowest BCUT2D eigenvalue weighted by atomic mass is 9.98. The number of nitrogens with zero attached hydrogens (tertiary/aromatic N) is 1. The van der Waals surface area contributed by atoms with E-state index in [1.165, 1.54) is 6.20 Å². The Morgan fingerprint density at radius 1 is 1.21 bits per heavy atom. The van der Waals surface area contributed by atoms with Gasteiger partial charge in [0.2, 0.25) is 0 Å². The van der Waals surface area contributed by atoms with Gasteiger partial charge in [-0.15, -0.1) is 0 Å². The zero-order valence-corrected chi connectivity index (χ0v) is 17.5. The maximum absolute atomic E-state index is 11.9. The highest BCUT2D eigenvalue weighted by Crippen LogP contribution is 2.66. The van der Waals surface area contributed by atoms with Gasteiger partial charge in [-0.3, -0.25) is 18.9 Å². The van der Waals surface area contributed by atoms with E-state index < -0.39 is 53.2 Å². The third kappa shape index (κ3) is 7.06. The molecule has 0 aliphatic carbocycles. The Morgan fingerprint density at radius 2 is 1.86 bits per heavy atom. The molecule has 0 spiro atoms. The molecule has 15 nitrogen and oxygen atoms in total. The topological polar surface area (TPSA) is 224 Å². The van der Waals surface area contributed by atoms with E-state index in [9.17, 15) is 28.2 Å². The Bertz CT molecular complexity index is 998. The second-order valence-electron chi connectivity index (χ2n) is 6.03. The largest absolute Gasteiger partial charge is 0.490 e. The number of aromatic nitrogens is 2. The van der Waals surface area contributed by atoms with E-state index in [-0.39, 0.29) is 19.3 Å². The Hall–Kier alpha value is -0.950. The summed E-state index contributed by atoms with van der Waals surface area (Å²) >= 11 is 0. The summed E-state index contributed by atoms with van der Waals surface area (Å²) in [5, 5.41) is 0. The molecule has 0 saturated carbocycles. The van der Waals surface area contributed by atoms with Gasteiger partial charge >= 0.3 is 29.2 Å². The minimum Gasteiger partial charge on any atom is -0.349 e. The van der Waals surface area contributed by atoms with Gasteiger partial charge in [0, 0.05) is 12.3 Å². The number of nitrogens with one attached hydrogen (secondary N) is 1. The number of phosphoric acid groups is 3. The molecule has 0 radical (unpaired) electrons. The van der Waals surface area contributed by atoms with Crippen LogP contribution >= 0.6 is 23.5 Å². The van der Waals surface area contributed by atoms with E-state index in [1.807, 2.05) is 0 Å². The summed E-state index contributed by atoms with van der Waals surface area (Å²) < 4.78 is 52.6. The molecular weight excluding hydrogens is 461 g/mol. The minimum atomic E-state index is -5.62. The second kappa shape index (κ2) is 8.66. The molecule has 29 heavy (non-hydrogen) atoms. The van der Waals surface area contributed by atoms with Gasteiger partial charge in [-0.2, -0.15) is 8.62 Å². The molecule has 166 valence electrons. The number of H-pyrrole nitrogens is 1. The van der Waals surface area contributed by atoms with Crippen LogP contribution < -0.4 is 11.2 Å². The van der Waals surface area contributed by atoms with E-state index in [2.05, 4.69) is 18.1 Å². The molecule has 18 heteroatoms. The molecule has 4 atom stereocenters. The number of aromatic amines is 1. The van der Waals surface area contributed by atoms with Crippen molar-refractivity contribution >= 4 is 23.5 Å². The molecule has 2 rings (SSSR count). The van der Waals surface area contributed by atoms with Crippen molar-refractivity contribution in [3.8, 4) is 0 Å². The fourth-order valence-electron chi connectivity index (χ4n) is 2.61. The number of phosphoric ester groups is 1. The van der Waals surface area contributed by atoms with Crippen molar-refractivity contribution in [2.45, 2.75) is 38.0 Å². The molecule has 5 N–H and O–H groups in total. The first-order valence-corrected chi connectivity index (χ1v) is 12.5. The summed E-state index contributed by atoms with van der Waals surface area (Å²) in [6, 6.07) is 1.11. The van der Waals surface area contributed by atoms with E-state index >= 15 is 0 Å². The molecule has 1 fully saturated rings. The van der Waals surface area contributed by atoms with Gasteiger partial charge in [-0.1, -0.05) is 6.92 Å². The Morgan fingerprint density at radius 3 is 2.41 bits per heavy atom. The standard InChI is InChI=1S/C11H19N2O13P3/c1-2-11(5-3-9(24-11)13-6-4-8(14)12-10(13)15)7-23-28(19,20)26-29(21,22)25-27(16,17)18/h4,6,9H,2-3,5,7H2,1H3,(H,19,20)(H,21,22)(H,12,14,15)(H2,16,17,18). The van der Waals surface area contributed by atoms with Gasteiger partial charge in [0.1, 0.15) is 6.23 Å². The fourth-order valence-corrected chi connectivity index (χ4v) is 5.71. The van der Waals surface area contributed by atoms with Crippen LogP contribution in [0, 0.1) is 0 Å². The summed E-state index contributed by atoms with van der Waals surface area (Å²) in [6.07, 6.45) is 1.16. The predicted octanol–water partition coefficient (Wildman–Crippen LogP) is 0.338. The molecular formula is C11H19N2O13P3. The average molecular weight is 480 g/mol. The molecule has 1 saturated heterocycles. The van der Waals surface area contributed by atoms with Crippen LogP contribution in [0.5, 0.6) is 0 Å². The van der Waals surface area contributed by atoms with Crippen LogP contribution in [-0.2, 0) is 31.6 Å². The van der Waals surface area contributed by atoms with Crippen LogP contribution in [0.3, 0.4) is 0 Å². The third-order valence-corrected chi connectivity index (χ3v) is 7.73. The average Bonchev–Trinajstić information content (AvgIpc) is 2.94. The van der Waals surface area contributed by atoms with Crippen LogP contribution in [0.4, 0.5) is 0 Å². The van der Waals surface area contributed by atoms with Crippen molar-refractivity contribution in [2.75, 3.05) is 6.61 Å². The van der Waals surface area contributed by atoms with Gasteiger partial charge < -0.3 is 24.3 Å². The number of hydrogen-bond acceptors (Lipinski definition) is 9. The summed E-state index contributed by atoms with van der Waals surface area (Å²) in [4.78, 5) is 60.8. The highest BCUT2D eigenvalue weighted by atomic mass is 31.3. The summed E-state index contributed by atoms with van der Waals surface area (Å²) in [5.74, 6) is 0. The first-order chi connectivity index (χ1) is 13.2. The van der Waals surface area contributed by atoms with Crippen molar-refractivity contribution in [3.05, 3.63) is 33.1 Å². The van der Waals surface area contributed by atoms with Crippen LogP contribution in [0.1, 0.15) is 32.4 Å². The normalized spacial score (nSPS) is 26.7. The highest BCUT2D eigenvalue weighted by Gasteiger charge is 2.45. The Labute approximate surface area is 162 Å². The predicted molar refractivity (Wildman–Crippen MR) is 93.5 cm³/mol. The van der Waals surface area contributed by atoms with Gasteiger partial charge in [0.05, 0.1) is 12.2 Å². The van der Waals surface area contributed by atoms with Crippen LogP contribution in [0.2, 0.25) is 0 Å². The molecule has 2 heterocycles. The smallest absolute Gasteiger partial charge is 0.349 e. The maximum atomic E-state index is 11.9. The lowest BCUT2D eigenvalue weighted by Gasteiger charge is -2.29. The molecule has 4 unspecified atom stereocenters. The molecule has 0 aromatic carbocycles. The number of hydrogen-bond donors (Lipinski definition) is 5. The lowest BCUT2D eigenvalue weighted by Crippen LogP contribution is -2.36. The monoisotopic (exact) mass is 480 g/mol. The van der Waals surface area contributed by atoms with Crippen LogP contribution in [0.15, 0.2) is 21.9 Å². The fraction of sp³-hybridized carbons (Fsp3) is 0.636. The molecule has 0 amide bonds. The van der Waals surface area contributed by atoms with E-state index in [1.54, 1.807) is 6.92 Å². The molecule has 1 aromatic rings. The lowest BCUT2D eigenvalue weighted by molar-refractivity contribution is -0.0992. The van der Waals surface area contributed by atoms with Crippen molar-refractivity contribution in [2.24, 2.45) is 0 Å². The van der Waals surface area contributed by atoms with E-state index in [4.69, 9.17) is 19.4 Å².